The molecule has 0 heterocycles. The molecule has 0 saturated heterocycles. The first-order valence-electron chi connectivity index (χ1n) is 5.16. The molecule has 0 aliphatic heterocycles. The molecule has 0 amide bonds. The van der Waals surface area contributed by atoms with Gasteiger partial charge >= 0.3 is 0 Å². The van der Waals surface area contributed by atoms with Crippen LogP contribution in [0.2, 0.25) is 0 Å². The number of halogens is 1. The van der Waals surface area contributed by atoms with Gasteiger partial charge in [0.1, 0.15) is 0 Å². The standard InChI is InChI=1S/C13H17ClO/c1-9(2)10-5-7-11(8-6-10)13(3,4)12(14)15/h5-9H,1-4H3. The molecule has 0 fully saturated rings. The van der Waals surface area contributed by atoms with Crippen molar-refractivity contribution < 1.29 is 4.79 Å². The van der Waals surface area contributed by atoms with Crippen LogP contribution in [0.15, 0.2) is 24.3 Å². The molecular formula is C13H17ClO. The van der Waals surface area contributed by atoms with E-state index in [9.17, 15) is 4.79 Å². The SMILES string of the molecule is CC(C)c1ccc(C(C)(C)C(=O)Cl)cc1. The summed E-state index contributed by atoms with van der Waals surface area (Å²) >= 11 is 5.57. The maximum absolute atomic E-state index is 11.3. The second-order valence-corrected chi connectivity index (χ2v) is 5.02. The van der Waals surface area contributed by atoms with E-state index >= 15 is 0 Å². The monoisotopic (exact) mass is 224 g/mol. The molecule has 82 valence electrons. The van der Waals surface area contributed by atoms with E-state index in [2.05, 4.69) is 26.0 Å². The molecule has 0 radical (unpaired) electrons. The van der Waals surface area contributed by atoms with Crippen LogP contribution in [-0.2, 0) is 10.2 Å². The fraction of sp³-hybridized carbons (Fsp3) is 0.462. The lowest BCUT2D eigenvalue weighted by molar-refractivity contribution is -0.115. The van der Waals surface area contributed by atoms with Gasteiger partial charge in [0.05, 0.1) is 5.41 Å². The molecule has 0 bridgehead atoms. The van der Waals surface area contributed by atoms with E-state index < -0.39 is 5.41 Å². The molecular weight excluding hydrogens is 208 g/mol. The van der Waals surface area contributed by atoms with Gasteiger partial charge in [0.15, 0.2) is 0 Å². The van der Waals surface area contributed by atoms with Crippen molar-refractivity contribution in [2.24, 2.45) is 0 Å². The van der Waals surface area contributed by atoms with Gasteiger partial charge in [-0.05, 0) is 42.5 Å². The van der Waals surface area contributed by atoms with Crippen molar-refractivity contribution in [3.05, 3.63) is 35.4 Å². The van der Waals surface area contributed by atoms with Gasteiger partial charge in [-0.3, -0.25) is 4.79 Å². The highest BCUT2D eigenvalue weighted by molar-refractivity contribution is 6.65. The van der Waals surface area contributed by atoms with Crippen LogP contribution >= 0.6 is 11.6 Å². The first-order valence-corrected chi connectivity index (χ1v) is 5.54. The molecule has 1 aromatic rings. The first kappa shape index (κ1) is 12.3. The van der Waals surface area contributed by atoms with E-state index in [0.717, 1.165) is 5.56 Å². The van der Waals surface area contributed by atoms with E-state index in [4.69, 9.17) is 11.6 Å². The molecule has 1 aromatic carbocycles. The highest BCUT2D eigenvalue weighted by atomic mass is 35.5. The molecule has 1 nitrogen and oxygen atoms in total. The van der Waals surface area contributed by atoms with Crippen molar-refractivity contribution >= 4 is 16.8 Å². The van der Waals surface area contributed by atoms with Gasteiger partial charge < -0.3 is 0 Å². The van der Waals surface area contributed by atoms with Gasteiger partial charge in [-0.25, -0.2) is 0 Å². The Balaban J connectivity index is 3.04. The maximum Gasteiger partial charge on any atom is 0.231 e. The van der Waals surface area contributed by atoms with Gasteiger partial charge in [-0.2, -0.15) is 0 Å². The van der Waals surface area contributed by atoms with Crippen LogP contribution in [0.1, 0.15) is 44.7 Å². The maximum atomic E-state index is 11.3. The molecule has 0 unspecified atom stereocenters. The minimum Gasteiger partial charge on any atom is -0.280 e. The van der Waals surface area contributed by atoms with Gasteiger partial charge in [-0.1, -0.05) is 38.1 Å². The van der Waals surface area contributed by atoms with Crippen molar-refractivity contribution in [2.45, 2.75) is 39.0 Å². The second kappa shape index (κ2) is 4.36. The Morgan fingerprint density at radius 2 is 1.67 bits per heavy atom. The van der Waals surface area contributed by atoms with Gasteiger partial charge in [0.2, 0.25) is 5.24 Å². The quantitative estimate of drug-likeness (QED) is 0.713. The average molecular weight is 225 g/mol. The van der Waals surface area contributed by atoms with Crippen LogP contribution in [0.25, 0.3) is 0 Å². The summed E-state index contributed by atoms with van der Waals surface area (Å²) < 4.78 is 0. The first-order chi connectivity index (χ1) is 6.85. The summed E-state index contributed by atoms with van der Waals surface area (Å²) in [5.41, 5.74) is 1.64. The van der Waals surface area contributed by atoms with Crippen LogP contribution in [0, 0.1) is 0 Å². The minimum atomic E-state index is -0.600. The van der Waals surface area contributed by atoms with Crippen molar-refractivity contribution in [2.75, 3.05) is 0 Å². The van der Waals surface area contributed by atoms with E-state index in [-0.39, 0.29) is 5.24 Å². The number of hydrogen-bond donors (Lipinski definition) is 0. The third-order valence-corrected chi connectivity index (χ3v) is 3.26. The Kier molecular flexibility index (Phi) is 3.56. The van der Waals surface area contributed by atoms with Gasteiger partial charge in [0.25, 0.3) is 0 Å². The Morgan fingerprint density at radius 3 is 2.00 bits per heavy atom. The number of benzene rings is 1. The second-order valence-electron chi connectivity index (χ2n) is 4.68. The van der Waals surface area contributed by atoms with E-state index in [1.54, 1.807) is 0 Å². The largest absolute Gasteiger partial charge is 0.280 e. The zero-order valence-corrected chi connectivity index (χ0v) is 10.4. The van der Waals surface area contributed by atoms with E-state index in [1.807, 2.05) is 26.0 Å². The third-order valence-electron chi connectivity index (χ3n) is 2.79. The minimum absolute atomic E-state index is 0.320. The summed E-state index contributed by atoms with van der Waals surface area (Å²) in [6.45, 7) is 7.97. The molecule has 0 aliphatic rings. The summed E-state index contributed by atoms with van der Waals surface area (Å²) in [7, 11) is 0. The molecule has 0 atom stereocenters. The highest BCUT2D eigenvalue weighted by Gasteiger charge is 2.27. The van der Waals surface area contributed by atoms with Crippen LogP contribution < -0.4 is 0 Å². The lowest BCUT2D eigenvalue weighted by atomic mass is 9.85. The summed E-state index contributed by atoms with van der Waals surface area (Å²) in [6, 6.07) is 8.08. The Labute approximate surface area is 96.5 Å². The summed E-state index contributed by atoms with van der Waals surface area (Å²) in [5, 5.41) is -0.320. The topological polar surface area (TPSA) is 17.1 Å². The molecule has 1 rings (SSSR count). The average Bonchev–Trinajstić information content (AvgIpc) is 2.17. The summed E-state index contributed by atoms with van der Waals surface area (Å²) in [4.78, 5) is 11.3. The molecule has 15 heavy (non-hydrogen) atoms. The predicted molar refractivity (Wildman–Crippen MR) is 64.4 cm³/mol. The number of hydrogen-bond acceptors (Lipinski definition) is 1. The van der Waals surface area contributed by atoms with Crippen molar-refractivity contribution in [1.29, 1.82) is 0 Å². The molecule has 0 aliphatic carbocycles. The van der Waals surface area contributed by atoms with Crippen molar-refractivity contribution in [1.82, 2.24) is 0 Å². The number of rotatable bonds is 3. The Bertz CT molecular complexity index is 349. The fourth-order valence-corrected chi connectivity index (χ4v) is 1.51. The van der Waals surface area contributed by atoms with Crippen molar-refractivity contribution in [3.63, 3.8) is 0 Å². The fourth-order valence-electron chi connectivity index (χ4n) is 1.40. The number of carbonyl (C=O) groups excluding carboxylic acids is 1. The molecule has 0 spiro atoms. The zero-order valence-electron chi connectivity index (χ0n) is 9.67. The summed E-state index contributed by atoms with van der Waals surface area (Å²) in [6.07, 6.45) is 0. The van der Waals surface area contributed by atoms with Gasteiger partial charge in [0, 0.05) is 0 Å². The Hall–Kier alpha value is -0.820. The zero-order chi connectivity index (χ0) is 11.6. The normalized spacial score (nSPS) is 11.9. The van der Waals surface area contributed by atoms with Crippen LogP contribution in [0.5, 0.6) is 0 Å². The smallest absolute Gasteiger partial charge is 0.231 e. The highest BCUT2D eigenvalue weighted by Crippen LogP contribution is 2.27. The van der Waals surface area contributed by atoms with Crippen LogP contribution in [-0.4, -0.2) is 5.24 Å². The third kappa shape index (κ3) is 2.60. The molecule has 0 N–H and O–H groups in total. The van der Waals surface area contributed by atoms with Crippen LogP contribution in [0.3, 0.4) is 0 Å². The van der Waals surface area contributed by atoms with Gasteiger partial charge in [-0.15, -0.1) is 0 Å². The molecule has 2 heteroatoms. The predicted octanol–water partition coefficient (Wildman–Crippen LogP) is 3.85. The lowest BCUT2D eigenvalue weighted by Crippen LogP contribution is -2.24. The molecule has 0 saturated carbocycles. The lowest BCUT2D eigenvalue weighted by Gasteiger charge is -2.20. The Morgan fingerprint density at radius 1 is 1.20 bits per heavy atom. The molecule has 0 aromatic heterocycles. The summed E-state index contributed by atoms with van der Waals surface area (Å²) in [5.74, 6) is 0.508. The van der Waals surface area contributed by atoms with Crippen LogP contribution in [0.4, 0.5) is 0 Å². The number of carbonyl (C=O) groups is 1. The van der Waals surface area contributed by atoms with E-state index in [1.165, 1.54) is 5.56 Å². The van der Waals surface area contributed by atoms with E-state index in [0.29, 0.717) is 5.92 Å². The van der Waals surface area contributed by atoms with Crippen molar-refractivity contribution in [3.8, 4) is 0 Å².